The van der Waals surface area contributed by atoms with Crippen molar-refractivity contribution in [2.24, 2.45) is 5.10 Å². The van der Waals surface area contributed by atoms with Crippen molar-refractivity contribution in [3.63, 3.8) is 0 Å². The first-order valence-corrected chi connectivity index (χ1v) is 15.6. The maximum absolute atomic E-state index is 13.6. The number of carbonyl (C=O) groups is 1. The van der Waals surface area contributed by atoms with Crippen molar-refractivity contribution in [2.45, 2.75) is 0 Å². The molecule has 9 nitrogen and oxygen atoms in total. The van der Waals surface area contributed by atoms with Crippen molar-refractivity contribution < 1.29 is 18.7 Å². The Bertz CT molecular complexity index is 1860. The van der Waals surface area contributed by atoms with Crippen LogP contribution in [0.3, 0.4) is 0 Å². The number of hydrogen-bond donors (Lipinski definition) is 0. The molecular weight excluding hydrogens is 818 g/mol. The normalized spacial score (nSPS) is 13.9. The zero-order valence-corrected chi connectivity index (χ0v) is 27.3. The first-order valence-electron chi connectivity index (χ1n) is 12.6. The highest BCUT2D eigenvalue weighted by Crippen LogP contribution is 2.30. The summed E-state index contributed by atoms with van der Waals surface area (Å²) in [5.74, 6) is 1.28. The summed E-state index contributed by atoms with van der Waals surface area (Å²) in [7, 11) is 0. The van der Waals surface area contributed by atoms with Gasteiger partial charge in [-0.05, 0) is 99.3 Å². The van der Waals surface area contributed by atoms with Crippen LogP contribution in [-0.2, 0) is 9.53 Å². The lowest BCUT2D eigenvalue weighted by Crippen LogP contribution is -2.43. The van der Waals surface area contributed by atoms with E-state index in [-0.39, 0.29) is 18.1 Å². The van der Waals surface area contributed by atoms with Crippen LogP contribution in [0.2, 0.25) is 0 Å². The molecule has 3 aromatic carbocycles. The standard InChI is InChI=1S/C29H21BrI2N4O5/c30-19-5-6-24-18(13-19)14-25(41-24)28-34-23-4-2-1-3-20(23)29(38)36(28)33-15-17-11-21(31)27(22(32)12-17)40-16-26(37)35-7-9-39-10-8-35/h1-6,11-15H,7-10,16H2. The van der Waals surface area contributed by atoms with E-state index >= 15 is 0 Å². The van der Waals surface area contributed by atoms with Crippen molar-refractivity contribution in [3.05, 3.63) is 88.2 Å². The number of hydrogen-bond acceptors (Lipinski definition) is 7. The number of amides is 1. The Hall–Kier alpha value is -2.82. The fraction of sp³-hybridized carbons (Fsp3) is 0.172. The fourth-order valence-electron chi connectivity index (χ4n) is 4.47. The number of nitrogens with zero attached hydrogens (tertiary/aromatic N) is 4. The highest BCUT2D eigenvalue weighted by atomic mass is 127. The summed E-state index contributed by atoms with van der Waals surface area (Å²) in [4.78, 5) is 32.6. The lowest BCUT2D eigenvalue weighted by Gasteiger charge is -2.26. The number of para-hydroxylation sites is 1. The Balaban J connectivity index is 1.33. The minimum absolute atomic E-state index is 0.0466. The molecule has 0 unspecified atom stereocenters. The predicted molar refractivity (Wildman–Crippen MR) is 177 cm³/mol. The van der Waals surface area contributed by atoms with Gasteiger partial charge in [0.25, 0.3) is 11.5 Å². The zero-order valence-electron chi connectivity index (χ0n) is 21.4. The molecule has 0 aliphatic carbocycles. The molecule has 1 aliphatic rings. The fourth-order valence-corrected chi connectivity index (χ4v) is 6.98. The van der Waals surface area contributed by atoms with Crippen LogP contribution in [0.4, 0.5) is 0 Å². The molecule has 0 atom stereocenters. The Morgan fingerprint density at radius 3 is 2.61 bits per heavy atom. The molecule has 0 bridgehead atoms. The Morgan fingerprint density at radius 2 is 1.83 bits per heavy atom. The van der Waals surface area contributed by atoms with Gasteiger partial charge in [-0.25, -0.2) is 4.98 Å². The quantitative estimate of drug-likeness (QED) is 0.156. The maximum Gasteiger partial charge on any atom is 0.282 e. The maximum atomic E-state index is 13.6. The summed E-state index contributed by atoms with van der Waals surface area (Å²) in [6, 6.07) is 18.5. The molecule has 0 spiro atoms. The number of halogens is 3. The number of morpholine rings is 1. The first-order chi connectivity index (χ1) is 19.9. The van der Waals surface area contributed by atoms with Crippen molar-refractivity contribution in [1.29, 1.82) is 0 Å². The number of carbonyl (C=O) groups excluding carboxylic acids is 1. The molecule has 1 fully saturated rings. The summed E-state index contributed by atoms with van der Waals surface area (Å²) in [6.45, 7) is 2.18. The van der Waals surface area contributed by atoms with Crippen LogP contribution in [0.5, 0.6) is 5.75 Å². The zero-order chi connectivity index (χ0) is 28.5. The van der Waals surface area contributed by atoms with E-state index in [0.29, 0.717) is 60.1 Å². The van der Waals surface area contributed by atoms with Crippen LogP contribution in [0.1, 0.15) is 5.56 Å². The van der Waals surface area contributed by atoms with Crippen LogP contribution in [0.25, 0.3) is 33.5 Å². The van der Waals surface area contributed by atoms with Gasteiger partial charge in [-0.1, -0.05) is 28.1 Å². The largest absolute Gasteiger partial charge is 0.482 e. The highest BCUT2D eigenvalue weighted by Gasteiger charge is 2.19. The summed E-state index contributed by atoms with van der Waals surface area (Å²) in [6.07, 6.45) is 1.60. The Kier molecular flexibility index (Phi) is 8.42. The molecule has 1 aliphatic heterocycles. The van der Waals surface area contributed by atoms with E-state index in [1.54, 1.807) is 29.3 Å². The topological polar surface area (TPSA) is 99.2 Å². The van der Waals surface area contributed by atoms with Gasteiger partial charge in [0.2, 0.25) is 5.82 Å². The lowest BCUT2D eigenvalue weighted by molar-refractivity contribution is -0.137. The van der Waals surface area contributed by atoms with E-state index in [4.69, 9.17) is 18.9 Å². The minimum atomic E-state index is -0.311. The van der Waals surface area contributed by atoms with Gasteiger partial charge in [-0.15, -0.1) is 0 Å². The van der Waals surface area contributed by atoms with Crippen molar-refractivity contribution in [2.75, 3.05) is 32.9 Å². The van der Waals surface area contributed by atoms with Crippen LogP contribution in [0.15, 0.2) is 79.4 Å². The van der Waals surface area contributed by atoms with Crippen LogP contribution in [-0.4, -0.2) is 59.6 Å². The van der Waals surface area contributed by atoms with Crippen LogP contribution in [0, 0.1) is 7.14 Å². The molecule has 1 amide bonds. The van der Waals surface area contributed by atoms with E-state index in [1.165, 1.54) is 4.68 Å². The van der Waals surface area contributed by atoms with E-state index < -0.39 is 0 Å². The lowest BCUT2D eigenvalue weighted by atomic mass is 10.2. The monoisotopic (exact) mass is 838 g/mol. The molecule has 1 saturated heterocycles. The molecule has 12 heteroatoms. The molecule has 2 aromatic heterocycles. The van der Waals surface area contributed by atoms with E-state index in [1.807, 2.05) is 42.5 Å². The molecule has 0 radical (unpaired) electrons. The second kappa shape index (κ2) is 12.2. The van der Waals surface area contributed by atoms with E-state index in [2.05, 4.69) is 66.2 Å². The third kappa shape index (κ3) is 6.05. The van der Waals surface area contributed by atoms with Gasteiger partial charge < -0.3 is 18.8 Å². The SMILES string of the molecule is O=C(COc1c(I)cc(C=Nn2c(-c3cc4cc(Br)ccc4o3)nc3ccccc3c2=O)cc1I)N1CCOCC1. The summed E-state index contributed by atoms with van der Waals surface area (Å²) < 4.78 is 21.1. The summed E-state index contributed by atoms with van der Waals surface area (Å²) >= 11 is 7.84. The number of furan rings is 1. The molecule has 208 valence electrons. The minimum Gasteiger partial charge on any atom is -0.482 e. The molecule has 41 heavy (non-hydrogen) atoms. The van der Waals surface area contributed by atoms with Crippen molar-refractivity contribution in [1.82, 2.24) is 14.6 Å². The van der Waals surface area contributed by atoms with Gasteiger partial charge in [-0.2, -0.15) is 9.78 Å². The smallest absolute Gasteiger partial charge is 0.282 e. The van der Waals surface area contributed by atoms with Gasteiger partial charge in [0.05, 0.1) is 37.5 Å². The van der Waals surface area contributed by atoms with Crippen molar-refractivity contribution in [3.8, 4) is 17.3 Å². The second-order valence-electron chi connectivity index (χ2n) is 9.20. The van der Waals surface area contributed by atoms with Gasteiger partial charge >= 0.3 is 0 Å². The van der Waals surface area contributed by atoms with Gasteiger partial charge in [0.1, 0.15) is 11.3 Å². The van der Waals surface area contributed by atoms with E-state index in [0.717, 1.165) is 22.6 Å². The summed E-state index contributed by atoms with van der Waals surface area (Å²) in [5, 5.41) is 5.89. The Morgan fingerprint density at radius 1 is 1.07 bits per heavy atom. The second-order valence-corrected chi connectivity index (χ2v) is 12.4. The average Bonchev–Trinajstić information content (AvgIpc) is 3.39. The molecule has 3 heterocycles. The number of fused-ring (bicyclic) bond motifs is 2. The summed E-state index contributed by atoms with van der Waals surface area (Å²) in [5.41, 5.74) is 1.67. The number of benzene rings is 3. The van der Waals surface area contributed by atoms with Crippen LogP contribution >= 0.6 is 61.1 Å². The molecular formula is C29H21BrI2N4O5. The number of rotatable bonds is 6. The average molecular weight is 839 g/mol. The van der Waals surface area contributed by atoms with E-state index in [9.17, 15) is 9.59 Å². The number of aromatic nitrogens is 2. The molecule has 0 saturated carbocycles. The van der Waals surface area contributed by atoms with Crippen molar-refractivity contribution >= 4 is 95.1 Å². The number of ether oxygens (including phenoxy) is 2. The molecule has 5 aromatic rings. The Labute approximate surface area is 269 Å². The molecule has 0 N–H and O–H groups in total. The van der Waals surface area contributed by atoms with Crippen LogP contribution < -0.4 is 10.3 Å². The van der Waals surface area contributed by atoms with Gasteiger partial charge in [0.15, 0.2) is 12.4 Å². The predicted octanol–water partition coefficient (Wildman–Crippen LogP) is 5.90. The third-order valence-corrected chi connectivity index (χ3v) is 8.60. The molecule has 6 rings (SSSR count). The first kappa shape index (κ1) is 28.3. The third-order valence-electron chi connectivity index (χ3n) is 6.50. The highest BCUT2D eigenvalue weighted by molar-refractivity contribution is 14.1. The van der Waals surface area contributed by atoms with Gasteiger partial charge in [-0.3, -0.25) is 9.59 Å². The van der Waals surface area contributed by atoms with Gasteiger partial charge in [0, 0.05) is 22.9 Å².